The van der Waals surface area contributed by atoms with E-state index in [1.165, 1.54) is 29.8 Å². The number of halogens is 1. The average molecular weight is 476 g/mol. The molecule has 1 atom stereocenters. The van der Waals surface area contributed by atoms with Crippen molar-refractivity contribution in [3.05, 3.63) is 102 Å². The minimum atomic E-state index is -0.674. The van der Waals surface area contributed by atoms with Gasteiger partial charge in [0, 0.05) is 12.2 Å². The van der Waals surface area contributed by atoms with Gasteiger partial charge >= 0.3 is 0 Å². The van der Waals surface area contributed by atoms with Crippen molar-refractivity contribution in [1.29, 1.82) is 0 Å². The summed E-state index contributed by atoms with van der Waals surface area (Å²) in [5, 5.41) is 3.20. The Labute approximate surface area is 204 Å². The summed E-state index contributed by atoms with van der Waals surface area (Å²) in [4.78, 5) is 29.6. The molecule has 0 bridgehead atoms. The van der Waals surface area contributed by atoms with Gasteiger partial charge in [0.05, 0.1) is 13.0 Å². The summed E-state index contributed by atoms with van der Waals surface area (Å²) in [6, 6.07) is 24.7. The van der Waals surface area contributed by atoms with E-state index in [1.807, 2.05) is 53.4 Å². The molecule has 1 aliphatic rings. The SMILES string of the molecule is O=C(CC1C(=O)N(Cc2ccccc2)C(=S)N1CCCc1ccccc1)Nc1ccc(F)cc1. The molecule has 0 aromatic heterocycles. The first-order valence-corrected chi connectivity index (χ1v) is 11.7. The van der Waals surface area contributed by atoms with Crippen molar-refractivity contribution < 1.29 is 14.0 Å². The Morgan fingerprint density at radius 3 is 2.18 bits per heavy atom. The molecular formula is C27H26FN3O2S. The van der Waals surface area contributed by atoms with E-state index in [1.54, 1.807) is 4.90 Å². The van der Waals surface area contributed by atoms with Gasteiger partial charge in [-0.15, -0.1) is 0 Å². The van der Waals surface area contributed by atoms with Crippen LogP contribution in [0.2, 0.25) is 0 Å². The number of carbonyl (C=O) groups is 2. The number of rotatable bonds is 9. The molecule has 1 unspecified atom stereocenters. The first-order chi connectivity index (χ1) is 16.5. The fourth-order valence-electron chi connectivity index (χ4n) is 4.08. The van der Waals surface area contributed by atoms with Gasteiger partial charge in [0.25, 0.3) is 5.91 Å². The monoisotopic (exact) mass is 475 g/mol. The minimum absolute atomic E-state index is 0.0347. The van der Waals surface area contributed by atoms with Crippen molar-refractivity contribution in [2.75, 3.05) is 11.9 Å². The zero-order valence-corrected chi connectivity index (χ0v) is 19.5. The van der Waals surface area contributed by atoms with Gasteiger partial charge in [-0.1, -0.05) is 60.7 Å². The molecule has 1 N–H and O–H groups in total. The summed E-state index contributed by atoms with van der Waals surface area (Å²) >= 11 is 5.70. The van der Waals surface area contributed by atoms with Gasteiger partial charge in [-0.2, -0.15) is 0 Å². The third-order valence-corrected chi connectivity index (χ3v) is 6.26. The summed E-state index contributed by atoms with van der Waals surface area (Å²) in [5.41, 5.74) is 2.67. The number of amides is 2. The molecule has 0 radical (unpaired) electrons. The Morgan fingerprint density at radius 2 is 1.53 bits per heavy atom. The Bertz CT molecular complexity index is 1140. The van der Waals surface area contributed by atoms with E-state index in [2.05, 4.69) is 17.4 Å². The maximum Gasteiger partial charge on any atom is 0.252 e. The quantitative estimate of drug-likeness (QED) is 0.453. The highest BCUT2D eigenvalue weighted by Gasteiger charge is 2.42. The highest BCUT2D eigenvalue weighted by atomic mass is 32.1. The van der Waals surface area contributed by atoms with Crippen LogP contribution in [-0.4, -0.2) is 39.3 Å². The van der Waals surface area contributed by atoms with Crippen LogP contribution in [0.1, 0.15) is 24.0 Å². The lowest BCUT2D eigenvalue weighted by Crippen LogP contribution is -2.38. The molecule has 3 aromatic rings. The molecular weight excluding hydrogens is 449 g/mol. The van der Waals surface area contributed by atoms with Crippen LogP contribution in [0.4, 0.5) is 10.1 Å². The second-order valence-corrected chi connectivity index (χ2v) is 8.62. The number of thiocarbonyl (C=S) groups is 1. The number of hydrogen-bond donors (Lipinski definition) is 1. The highest BCUT2D eigenvalue weighted by molar-refractivity contribution is 7.80. The maximum absolute atomic E-state index is 13.4. The van der Waals surface area contributed by atoms with Gasteiger partial charge in [-0.25, -0.2) is 4.39 Å². The molecule has 3 aromatic carbocycles. The van der Waals surface area contributed by atoms with E-state index < -0.39 is 6.04 Å². The minimum Gasteiger partial charge on any atom is -0.336 e. The number of hydrogen-bond acceptors (Lipinski definition) is 3. The first kappa shape index (κ1) is 23.6. The number of anilines is 1. The van der Waals surface area contributed by atoms with Crippen LogP contribution in [0.3, 0.4) is 0 Å². The van der Waals surface area contributed by atoms with Gasteiger partial charge in [0.1, 0.15) is 11.9 Å². The van der Waals surface area contributed by atoms with Crippen molar-refractivity contribution in [3.63, 3.8) is 0 Å². The van der Waals surface area contributed by atoms with Crippen LogP contribution in [0.5, 0.6) is 0 Å². The summed E-state index contributed by atoms with van der Waals surface area (Å²) in [7, 11) is 0. The van der Waals surface area contributed by atoms with Crippen LogP contribution in [-0.2, 0) is 22.6 Å². The summed E-state index contributed by atoms with van der Waals surface area (Å²) in [6.45, 7) is 0.934. The number of nitrogens with one attached hydrogen (secondary N) is 1. The molecule has 2 amide bonds. The van der Waals surface area contributed by atoms with Crippen LogP contribution in [0, 0.1) is 5.82 Å². The van der Waals surface area contributed by atoms with Crippen molar-refractivity contribution in [3.8, 4) is 0 Å². The second kappa shape index (κ2) is 11.0. The van der Waals surface area contributed by atoms with Crippen molar-refractivity contribution in [2.24, 2.45) is 0 Å². The van der Waals surface area contributed by atoms with Crippen molar-refractivity contribution >= 4 is 34.8 Å². The van der Waals surface area contributed by atoms with Crippen LogP contribution < -0.4 is 5.32 Å². The molecule has 1 heterocycles. The molecule has 1 aliphatic heterocycles. The summed E-state index contributed by atoms with van der Waals surface area (Å²) in [6.07, 6.45) is 1.61. The van der Waals surface area contributed by atoms with E-state index in [4.69, 9.17) is 12.2 Å². The van der Waals surface area contributed by atoms with E-state index in [0.717, 1.165) is 18.4 Å². The Hall–Kier alpha value is -3.58. The number of carbonyl (C=O) groups excluding carboxylic acids is 2. The zero-order chi connectivity index (χ0) is 23.9. The summed E-state index contributed by atoms with van der Waals surface area (Å²) < 4.78 is 13.2. The van der Waals surface area contributed by atoms with E-state index in [-0.39, 0.29) is 24.1 Å². The lowest BCUT2D eigenvalue weighted by Gasteiger charge is -2.24. The maximum atomic E-state index is 13.4. The lowest BCUT2D eigenvalue weighted by atomic mass is 10.1. The topological polar surface area (TPSA) is 52.7 Å². The molecule has 7 heteroatoms. The molecule has 174 valence electrons. The largest absolute Gasteiger partial charge is 0.336 e. The van der Waals surface area contributed by atoms with Gasteiger partial charge in [0.2, 0.25) is 5.91 Å². The third-order valence-electron chi connectivity index (χ3n) is 5.80. The summed E-state index contributed by atoms with van der Waals surface area (Å²) in [5.74, 6) is -0.874. The van der Waals surface area contributed by atoms with Crippen LogP contribution >= 0.6 is 12.2 Å². The molecule has 5 nitrogen and oxygen atoms in total. The zero-order valence-electron chi connectivity index (χ0n) is 18.7. The van der Waals surface area contributed by atoms with E-state index >= 15 is 0 Å². The Morgan fingerprint density at radius 1 is 0.912 bits per heavy atom. The smallest absolute Gasteiger partial charge is 0.252 e. The van der Waals surface area contributed by atoms with Gasteiger partial charge in [-0.05, 0) is 60.5 Å². The van der Waals surface area contributed by atoms with Crippen LogP contribution in [0.25, 0.3) is 0 Å². The Balaban J connectivity index is 1.47. The third kappa shape index (κ3) is 5.85. The number of benzene rings is 3. The molecule has 0 spiro atoms. The van der Waals surface area contributed by atoms with Gasteiger partial charge < -0.3 is 10.2 Å². The van der Waals surface area contributed by atoms with Crippen LogP contribution in [0.15, 0.2) is 84.9 Å². The Kier molecular flexibility index (Phi) is 7.65. The van der Waals surface area contributed by atoms with Crippen molar-refractivity contribution in [2.45, 2.75) is 31.8 Å². The molecule has 1 saturated heterocycles. The normalized spacial score (nSPS) is 15.6. The molecule has 0 aliphatic carbocycles. The molecule has 1 fully saturated rings. The number of aryl methyl sites for hydroxylation is 1. The van der Waals surface area contributed by atoms with E-state index in [9.17, 15) is 14.0 Å². The predicted molar refractivity (Wildman–Crippen MR) is 134 cm³/mol. The predicted octanol–water partition coefficient (Wildman–Crippen LogP) is 4.79. The number of nitrogens with zero attached hydrogens (tertiary/aromatic N) is 2. The van der Waals surface area contributed by atoms with Gasteiger partial charge in [-0.3, -0.25) is 14.5 Å². The average Bonchev–Trinajstić information content (AvgIpc) is 3.06. The highest BCUT2D eigenvalue weighted by Crippen LogP contribution is 2.24. The lowest BCUT2D eigenvalue weighted by molar-refractivity contribution is -0.131. The van der Waals surface area contributed by atoms with Crippen molar-refractivity contribution in [1.82, 2.24) is 9.80 Å². The fraction of sp³-hybridized carbons (Fsp3) is 0.222. The van der Waals surface area contributed by atoms with E-state index in [0.29, 0.717) is 23.9 Å². The molecule has 4 rings (SSSR count). The van der Waals surface area contributed by atoms with Gasteiger partial charge in [0.15, 0.2) is 5.11 Å². The standard InChI is InChI=1S/C27H26FN3O2S/c28-22-13-15-23(16-14-22)29-25(32)18-24-26(33)31(19-21-10-5-2-6-11-21)27(34)30(24)17-7-12-20-8-3-1-4-9-20/h1-6,8-11,13-16,24H,7,12,17-19H2,(H,29,32). The fourth-order valence-corrected chi connectivity index (χ4v) is 4.45. The first-order valence-electron chi connectivity index (χ1n) is 11.3. The molecule has 34 heavy (non-hydrogen) atoms. The molecule has 0 saturated carbocycles. The second-order valence-electron chi connectivity index (χ2n) is 8.25.